The van der Waals surface area contributed by atoms with Crippen LogP contribution in [-0.4, -0.2) is 5.91 Å². The highest BCUT2D eigenvalue weighted by atomic mass is 127. The van der Waals surface area contributed by atoms with Gasteiger partial charge in [0.15, 0.2) is 0 Å². The average Bonchev–Trinajstić information content (AvgIpc) is 1.97. The molecule has 0 atom stereocenters. The smallest absolute Gasteiger partial charge is 0.253 e. The minimum absolute atomic E-state index is 0.0723. The summed E-state index contributed by atoms with van der Waals surface area (Å²) in [6.45, 7) is 0. The molecule has 0 saturated carbocycles. The number of rotatable bonds is 1. The Morgan fingerprint density at radius 3 is 2.58 bits per heavy atom. The van der Waals surface area contributed by atoms with Crippen molar-refractivity contribution in [2.24, 2.45) is 5.73 Å². The summed E-state index contributed by atoms with van der Waals surface area (Å²) in [6.07, 6.45) is 0. The predicted octanol–water partition coefficient (Wildman–Crippen LogP) is 2.18. The Kier molecular flexibility index (Phi) is 2.89. The molecule has 0 aliphatic rings. The van der Waals surface area contributed by atoms with E-state index in [1.54, 1.807) is 0 Å². The molecule has 0 aliphatic carbocycles. The van der Waals surface area contributed by atoms with Gasteiger partial charge in [-0.3, -0.25) is 4.79 Å². The molecular weight excluding hydrogens is 295 g/mol. The molecule has 64 valence electrons. The molecule has 1 rings (SSSR count). The highest BCUT2D eigenvalue weighted by Gasteiger charge is 2.14. The van der Waals surface area contributed by atoms with Crippen LogP contribution in [0.15, 0.2) is 12.1 Å². The summed E-state index contributed by atoms with van der Waals surface area (Å²) >= 11 is 7.54. The van der Waals surface area contributed by atoms with E-state index in [0.717, 1.165) is 6.07 Å². The molecule has 0 unspecified atom stereocenters. The van der Waals surface area contributed by atoms with Crippen LogP contribution in [0, 0.1) is 9.39 Å². The zero-order chi connectivity index (χ0) is 9.30. The first kappa shape index (κ1) is 9.73. The maximum Gasteiger partial charge on any atom is 0.253 e. The maximum atomic E-state index is 12.9. The van der Waals surface area contributed by atoms with E-state index in [0.29, 0.717) is 3.57 Å². The number of hydrogen-bond acceptors (Lipinski definition) is 1. The normalized spacial score (nSPS) is 9.92. The van der Waals surface area contributed by atoms with Gasteiger partial charge in [-0.2, -0.15) is 0 Å². The molecule has 0 radical (unpaired) electrons. The number of carbonyl (C=O) groups excluding carboxylic acids is 1. The van der Waals surface area contributed by atoms with E-state index in [-0.39, 0.29) is 10.6 Å². The monoisotopic (exact) mass is 299 g/mol. The molecule has 2 nitrogen and oxygen atoms in total. The molecule has 0 fully saturated rings. The number of nitrogens with two attached hydrogens (primary N) is 1. The van der Waals surface area contributed by atoms with Gasteiger partial charge in [0, 0.05) is 3.57 Å². The second-order valence-corrected chi connectivity index (χ2v) is 3.62. The van der Waals surface area contributed by atoms with Crippen LogP contribution in [0.5, 0.6) is 0 Å². The fraction of sp³-hybridized carbons (Fsp3) is 0. The molecule has 0 spiro atoms. The quantitative estimate of drug-likeness (QED) is 0.627. The lowest BCUT2D eigenvalue weighted by Gasteiger charge is -2.02. The third kappa shape index (κ3) is 1.69. The second-order valence-electron chi connectivity index (χ2n) is 2.08. The van der Waals surface area contributed by atoms with Crippen molar-refractivity contribution in [2.45, 2.75) is 0 Å². The molecule has 1 amide bonds. The van der Waals surface area contributed by atoms with Crippen LogP contribution in [0.4, 0.5) is 4.39 Å². The summed E-state index contributed by atoms with van der Waals surface area (Å²) in [5.41, 5.74) is 4.67. The van der Waals surface area contributed by atoms with Gasteiger partial charge in [0.05, 0.1) is 10.6 Å². The third-order valence-corrected chi connectivity index (χ3v) is 2.90. The van der Waals surface area contributed by atoms with Crippen LogP contribution in [0.25, 0.3) is 0 Å². The first-order chi connectivity index (χ1) is 5.54. The van der Waals surface area contributed by atoms with Gasteiger partial charge in [-0.25, -0.2) is 4.39 Å². The lowest BCUT2D eigenvalue weighted by Crippen LogP contribution is -2.14. The highest BCUT2D eigenvalue weighted by Crippen LogP contribution is 2.24. The van der Waals surface area contributed by atoms with Gasteiger partial charge in [-0.15, -0.1) is 0 Å². The van der Waals surface area contributed by atoms with Gasteiger partial charge in [0.2, 0.25) is 0 Å². The van der Waals surface area contributed by atoms with Gasteiger partial charge >= 0.3 is 0 Å². The Morgan fingerprint density at radius 1 is 1.58 bits per heavy atom. The van der Waals surface area contributed by atoms with E-state index < -0.39 is 11.7 Å². The van der Waals surface area contributed by atoms with Gasteiger partial charge in [0.25, 0.3) is 5.91 Å². The molecule has 0 heterocycles. The minimum Gasteiger partial charge on any atom is -0.365 e. The zero-order valence-corrected chi connectivity index (χ0v) is 8.69. The van der Waals surface area contributed by atoms with Gasteiger partial charge in [0.1, 0.15) is 5.82 Å². The summed E-state index contributed by atoms with van der Waals surface area (Å²) in [5, 5.41) is 0.0723. The number of benzene rings is 1. The standard InChI is InChI=1S/C7H4ClFINO/c8-6-4(10)2-1-3(9)5(6)7(11)12/h1-2H,(H2,11,12). The summed E-state index contributed by atoms with van der Waals surface area (Å²) in [5.74, 6) is -1.54. The van der Waals surface area contributed by atoms with Crippen molar-refractivity contribution in [1.82, 2.24) is 0 Å². The van der Waals surface area contributed by atoms with Crippen molar-refractivity contribution in [3.8, 4) is 0 Å². The maximum absolute atomic E-state index is 12.9. The first-order valence-corrected chi connectivity index (χ1v) is 4.43. The topological polar surface area (TPSA) is 43.1 Å². The molecular formula is C7H4ClFINO. The third-order valence-electron chi connectivity index (χ3n) is 1.29. The van der Waals surface area contributed by atoms with E-state index in [9.17, 15) is 9.18 Å². The van der Waals surface area contributed by atoms with Crippen LogP contribution in [-0.2, 0) is 0 Å². The summed E-state index contributed by atoms with van der Waals surface area (Å²) in [7, 11) is 0. The van der Waals surface area contributed by atoms with Crippen molar-refractivity contribution in [2.75, 3.05) is 0 Å². The minimum atomic E-state index is -0.851. The van der Waals surface area contributed by atoms with Crippen LogP contribution < -0.4 is 5.73 Å². The number of amides is 1. The SMILES string of the molecule is NC(=O)c1c(F)ccc(I)c1Cl. The van der Waals surface area contributed by atoms with Crippen molar-refractivity contribution >= 4 is 40.1 Å². The number of carbonyl (C=O) groups is 1. The second kappa shape index (κ2) is 3.57. The Balaban J connectivity index is 3.43. The number of halogens is 3. The molecule has 0 aromatic heterocycles. The molecule has 0 bridgehead atoms. The van der Waals surface area contributed by atoms with Crippen LogP contribution in [0.2, 0.25) is 5.02 Å². The Bertz CT molecular complexity index is 342. The number of primary amides is 1. The average molecular weight is 299 g/mol. The van der Waals surface area contributed by atoms with Crippen LogP contribution >= 0.6 is 34.2 Å². The van der Waals surface area contributed by atoms with Gasteiger partial charge < -0.3 is 5.73 Å². The van der Waals surface area contributed by atoms with Crippen molar-refractivity contribution < 1.29 is 9.18 Å². The Morgan fingerprint density at radius 2 is 2.17 bits per heavy atom. The van der Waals surface area contributed by atoms with E-state index in [1.807, 2.05) is 22.6 Å². The zero-order valence-electron chi connectivity index (χ0n) is 5.77. The van der Waals surface area contributed by atoms with Crippen molar-refractivity contribution in [3.63, 3.8) is 0 Å². The Labute approximate surface area is 87.0 Å². The van der Waals surface area contributed by atoms with E-state index >= 15 is 0 Å². The fourth-order valence-electron chi connectivity index (χ4n) is 0.753. The summed E-state index contributed by atoms with van der Waals surface area (Å²) < 4.78 is 13.5. The molecule has 1 aromatic carbocycles. The van der Waals surface area contributed by atoms with Crippen molar-refractivity contribution in [1.29, 1.82) is 0 Å². The molecule has 0 aliphatic heterocycles. The Hall–Kier alpha value is -0.360. The molecule has 0 saturated heterocycles. The van der Waals surface area contributed by atoms with Crippen LogP contribution in [0.3, 0.4) is 0 Å². The van der Waals surface area contributed by atoms with Gasteiger partial charge in [-0.05, 0) is 34.7 Å². The summed E-state index contributed by atoms with van der Waals surface area (Å²) in [4.78, 5) is 10.7. The van der Waals surface area contributed by atoms with E-state index in [2.05, 4.69) is 0 Å². The largest absolute Gasteiger partial charge is 0.365 e. The molecule has 12 heavy (non-hydrogen) atoms. The van der Waals surface area contributed by atoms with E-state index in [4.69, 9.17) is 17.3 Å². The van der Waals surface area contributed by atoms with Crippen molar-refractivity contribution in [3.05, 3.63) is 32.1 Å². The predicted molar refractivity (Wildman–Crippen MR) is 52.6 cm³/mol. The van der Waals surface area contributed by atoms with Crippen LogP contribution in [0.1, 0.15) is 10.4 Å². The molecule has 2 N–H and O–H groups in total. The molecule has 1 aromatic rings. The lowest BCUT2D eigenvalue weighted by atomic mass is 10.2. The lowest BCUT2D eigenvalue weighted by molar-refractivity contribution is 0.0996. The molecule has 5 heteroatoms. The number of hydrogen-bond donors (Lipinski definition) is 1. The van der Waals surface area contributed by atoms with E-state index in [1.165, 1.54) is 6.07 Å². The van der Waals surface area contributed by atoms with Gasteiger partial charge in [-0.1, -0.05) is 11.6 Å². The summed E-state index contributed by atoms with van der Waals surface area (Å²) in [6, 6.07) is 2.64. The fourth-order valence-corrected chi connectivity index (χ4v) is 1.45. The highest BCUT2D eigenvalue weighted by molar-refractivity contribution is 14.1. The first-order valence-electron chi connectivity index (χ1n) is 2.97.